The molecule has 1 aromatic carbocycles. The molecule has 2 N–H and O–H groups in total. The highest BCUT2D eigenvalue weighted by molar-refractivity contribution is 7.17. The predicted molar refractivity (Wildman–Crippen MR) is 91.2 cm³/mol. The fourth-order valence-electron chi connectivity index (χ4n) is 1.98. The van der Waals surface area contributed by atoms with Gasteiger partial charge < -0.3 is 14.7 Å². The van der Waals surface area contributed by atoms with Gasteiger partial charge in [0.2, 0.25) is 5.06 Å². The Balaban J connectivity index is 2.02. The van der Waals surface area contributed by atoms with Gasteiger partial charge in [-0.05, 0) is 26.0 Å². The third-order valence-electron chi connectivity index (χ3n) is 3.13. The van der Waals surface area contributed by atoms with Gasteiger partial charge in [0.1, 0.15) is 17.6 Å². The zero-order valence-corrected chi connectivity index (χ0v) is 14.5. The number of rotatable bonds is 6. The number of likely N-dealkylation sites (N-methyl/N-ethyl adjacent to an activating group) is 1. The van der Waals surface area contributed by atoms with Crippen LogP contribution in [0.4, 0.5) is 14.3 Å². The number of carbonyl (C=O) groups is 1. The van der Waals surface area contributed by atoms with Gasteiger partial charge in [0, 0.05) is 19.2 Å². The number of amides is 2. The van der Waals surface area contributed by atoms with Gasteiger partial charge >= 0.3 is 6.03 Å². The molecule has 0 saturated carbocycles. The number of anilines is 1. The maximum Gasteiger partial charge on any atom is 0.323 e. The van der Waals surface area contributed by atoms with E-state index in [1.54, 1.807) is 19.9 Å². The van der Waals surface area contributed by atoms with Crippen molar-refractivity contribution in [1.82, 2.24) is 9.88 Å². The van der Waals surface area contributed by atoms with E-state index in [1.165, 1.54) is 23.2 Å². The van der Waals surface area contributed by atoms with Crippen LogP contribution in [-0.4, -0.2) is 40.2 Å². The number of nitrogens with zero attached hydrogens (tertiary/aromatic N) is 3. The van der Waals surface area contributed by atoms with Crippen LogP contribution in [0.1, 0.15) is 19.4 Å². The quantitative estimate of drug-likeness (QED) is 0.820. The van der Waals surface area contributed by atoms with Gasteiger partial charge in [0.15, 0.2) is 5.13 Å². The Morgan fingerprint density at radius 1 is 1.60 bits per heavy atom. The molecule has 1 atom stereocenters. The summed E-state index contributed by atoms with van der Waals surface area (Å²) >= 11 is 1.09. The number of ether oxygens (including phenoxy) is 1. The van der Waals surface area contributed by atoms with Crippen LogP contribution in [0.25, 0.3) is 0 Å². The van der Waals surface area contributed by atoms with E-state index in [1.807, 2.05) is 0 Å². The van der Waals surface area contributed by atoms with Crippen LogP contribution < -0.4 is 10.1 Å². The van der Waals surface area contributed by atoms with Crippen LogP contribution >= 0.6 is 11.3 Å². The van der Waals surface area contributed by atoms with Crippen molar-refractivity contribution >= 4 is 22.5 Å². The number of carbonyl (C=O) groups excluding carboxylic acids is 1. The fourth-order valence-corrected chi connectivity index (χ4v) is 2.66. The number of thiazole rings is 1. The fraction of sp³-hybridized carbons (Fsp3) is 0.312. The lowest BCUT2D eigenvalue weighted by atomic mass is 10.2. The van der Waals surface area contributed by atoms with Crippen LogP contribution in [0.15, 0.2) is 24.4 Å². The number of hydrogen-bond acceptors (Lipinski definition) is 6. The molecule has 1 heterocycles. The molecule has 9 heteroatoms. The number of aromatic nitrogens is 1. The highest BCUT2D eigenvalue weighted by Crippen LogP contribution is 2.31. The number of benzene rings is 1. The molecule has 2 rings (SSSR count). The average Bonchev–Trinajstić information content (AvgIpc) is 3.00. The van der Waals surface area contributed by atoms with Gasteiger partial charge in [-0.3, -0.25) is 5.32 Å². The Morgan fingerprint density at radius 3 is 3.00 bits per heavy atom. The van der Waals surface area contributed by atoms with Crippen LogP contribution in [0.2, 0.25) is 0 Å². The maximum atomic E-state index is 13.3. The standard InChI is InChI=1S/C16H17FN4O3S/c1-3-21(9-10(2)22)16(23)20-15-19-8-14(25-15)24-12-4-5-13(17)11(6-12)7-18/h4-6,8,10,22H,3,9H2,1-2H3,(H,19,20,23)/t10-/m0/s1. The van der Waals surface area contributed by atoms with E-state index >= 15 is 0 Å². The molecule has 0 bridgehead atoms. The first kappa shape index (κ1) is 18.6. The van der Waals surface area contributed by atoms with E-state index < -0.39 is 11.9 Å². The van der Waals surface area contributed by atoms with E-state index in [9.17, 15) is 14.3 Å². The number of nitriles is 1. The lowest BCUT2D eigenvalue weighted by molar-refractivity contribution is 0.141. The number of halogens is 1. The molecule has 0 spiro atoms. The zero-order valence-electron chi connectivity index (χ0n) is 13.7. The first-order valence-electron chi connectivity index (χ1n) is 7.50. The Morgan fingerprint density at radius 2 is 2.36 bits per heavy atom. The molecule has 0 fully saturated rings. The van der Waals surface area contributed by atoms with Crippen molar-refractivity contribution in [1.29, 1.82) is 5.26 Å². The van der Waals surface area contributed by atoms with Crippen LogP contribution in [0.3, 0.4) is 0 Å². The lowest BCUT2D eigenvalue weighted by Crippen LogP contribution is -2.39. The summed E-state index contributed by atoms with van der Waals surface area (Å²) < 4.78 is 18.8. The maximum absolute atomic E-state index is 13.3. The summed E-state index contributed by atoms with van der Waals surface area (Å²) in [5.41, 5.74) is -0.118. The van der Waals surface area contributed by atoms with E-state index in [4.69, 9.17) is 10.00 Å². The van der Waals surface area contributed by atoms with Crippen molar-refractivity contribution < 1.29 is 19.0 Å². The van der Waals surface area contributed by atoms with E-state index in [-0.39, 0.29) is 18.1 Å². The predicted octanol–water partition coefficient (Wildman–Crippen LogP) is 3.18. The molecule has 0 unspecified atom stereocenters. The average molecular weight is 364 g/mol. The molecule has 132 valence electrons. The number of urea groups is 1. The smallest absolute Gasteiger partial charge is 0.323 e. The summed E-state index contributed by atoms with van der Waals surface area (Å²) in [6.07, 6.45) is 0.786. The summed E-state index contributed by atoms with van der Waals surface area (Å²) in [4.78, 5) is 17.6. The molecule has 0 radical (unpaired) electrons. The Bertz CT molecular complexity index is 788. The molecule has 0 aliphatic heterocycles. The third-order valence-corrected chi connectivity index (χ3v) is 3.92. The number of aliphatic hydroxyl groups excluding tert-OH is 1. The monoisotopic (exact) mass is 364 g/mol. The highest BCUT2D eigenvalue weighted by Gasteiger charge is 2.16. The Labute approximate surface area is 148 Å². The lowest BCUT2D eigenvalue weighted by Gasteiger charge is -2.21. The highest BCUT2D eigenvalue weighted by atomic mass is 32.1. The van der Waals surface area contributed by atoms with Crippen LogP contribution in [0, 0.1) is 17.1 Å². The summed E-state index contributed by atoms with van der Waals surface area (Å²) in [6.45, 7) is 4.06. The molecule has 2 amide bonds. The van der Waals surface area contributed by atoms with Crippen molar-refractivity contribution in [2.45, 2.75) is 20.0 Å². The second kappa shape index (κ2) is 8.41. The molecule has 0 aliphatic rings. The SMILES string of the molecule is CCN(C[C@H](C)O)C(=O)Nc1ncc(Oc2ccc(F)c(C#N)c2)s1. The second-order valence-electron chi connectivity index (χ2n) is 5.16. The van der Waals surface area contributed by atoms with E-state index in [0.29, 0.717) is 22.5 Å². The summed E-state index contributed by atoms with van der Waals surface area (Å²) in [5, 5.41) is 21.6. The van der Waals surface area contributed by atoms with Gasteiger partial charge in [-0.1, -0.05) is 11.3 Å². The van der Waals surface area contributed by atoms with Gasteiger partial charge in [0.05, 0.1) is 17.9 Å². The van der Waals surface area contributed by atoms with Crippen molar-refractivity contribution in [2.24, 2.45) is 0 Å². The van der Waals surface area contributed by atoms with Gasteiger partial charge in [0.25, 0.3) is 0 Å². The van der Waals surface area contributed by atoms with Gasteiger partial charge in [-0.15, -0.1) is 0 Å². The molecule has 7 nitrogen and oxygen atoms in total. The van der Waals surface area contributed by atoms with Gasteiger partial charge in [-0.2, -0.15) is 5.26 Å². The minimum absolute atomic E-state index is 0.118. The molecular formula is C16H17FN4O3S. The Hall–Kier alpha value is -2.70. The molecule has 2 aromatic rings. The summed E-state index contributed by atoms with van der Waals surface area (Å²) in [6, 6.07) is 5.19. The minimum Gasteiger partial charge on any atom is -0.445 e. The number of hydrogen-bond donors (Lipinski definition) is 2. The van der Waals surface area contributed by atoms with E-state index in [2.05, 4.69) is 10.3 Å². The molecule has 25 heavy (non-hydrogen) atoms. The van der Waals surface area contributed by atoms with Crippen LogP contribution in [-0.2, 0) is 0 Å². The topological polar surface area (TPSA) is 98.5 Å². The first-order chi connectivity index (χ1) is 11.9. The second-order valence-corrected chi connectivity index (χ2v) is 6.15. The normalized spacial score (nSPS) is 11.5. The Kier molecular flexibility index (Phi) is 6.27. The zero-order chi connectivity index (χ0) is 18.4. The number of nitrogens with one attached hydrogen (secondary N) is 1. The first-order valence-corrected chi connectivity index (χ1v) is 8.32. The van der Waals surface area contributed by atoms with Gasteiger partial charge in [-0.25, -0.2) is 14.2 Å². The molecule has 0 aliphatic carbocycles. The van der Waals surface area contributed by atoms with Crippen molar-refractivity contribution in [2.75, 3.05) is 18.4 Å². The van der Waals surface area contributed by atoms with Crippen molar-refractivity contribution in [3.8, 4) is 16.9 Å². The molecule has 0 saturated heterocycles. The minimum atomic E-state index is -0.631. The summed E-state index contributed by atoms with van der Waals surface area (Å²) in [7, 11) is 0. The number of aliphatic hydroxyl groups is 1. The van der Waals surface area contributed by atoms with Crippen molar-refractivity contribution in [3.63, 3.8) is 0 Å². The van der Waals surface area contributed by atoms with Crippen molar-refractivity contribution in [3.05, 3.63) is 35.8 Å². The largest absolute Gasteiger partial charge is 0.445 e. The summed E-state index contributed by atoms with van der Waals surface area (Å²) in [5.74, 6) is -0.325. The van der Waals surface area contributed by atoms with Crippen LogP contribution in [0.5, 0.6) is 10.8 Å². The van der Waals surface area contributed by atoms with E-state index in [0.717, 1.165) is 17.4 Å². The molecular weight excluding hydrogens is 347 g/mol. The molecule has 1 aromatic heterocycles. The third kappa shape index (κ3) is 5.14.